The van der Waals surface area contributed by atoms with Gasteiger partial charge in [-0.2, -0.15) is 0 Å². The van der Waals surface area contributed by atoms with Crippen molar-refractivity contribution in [2.45, 2.75) is 13.5 Å². The molecular formula is C14H21NO2. The van der Waals surface area contributed by atoms with Crippen LogP contribution in [-0.4, -0.2) is 38.3 Å². The smallest absolute Gasteiger partial charge is 0.118 e. The van der Waals surface area contributed by atoms with Gasteiger partial charge in [0.15, 0.2) is 0 Å². The summed E-state index contributed by atoms with van der Waals surface area (Å²) in [6, 6.07) is 8.31. The first-order valence-corrected chi connectivity index (χ1v) is 6.21. The molecule has 3 nitrogen and oxygen atoms in total. The van der Waals surface area contributed by atoms with Gasteiger partial charge in [-0.1, -0.05) is 19.1 Å². The summed E-state index contributed by atoms with van der Waals surface area (Å²) in [6.45, 7) is 7.12. The van der Waals surface area contributed by atoms with Gasteiger partial charge in [-0.3, -0.25) is 4.90 Å². The predicted octanol–water partition coefficient (Wildman–Crippen LogP) is 2.16. The molecule has 1 fully saturated rings. The zero-order chi connectivity index (χ0) is 12.1. The minimum Gasteiger partial charge on any atom is -0.497 e. The molecule has 0 aliphatic carbocycles. The second-order valence-electron chi connectivity index (χ2n) is 4.76. The van der Waals surface area contributed by atoms with Gasteiger partial charge in [0.2, 0.25) is 0 Å². The topological polar surface area (TPSA) is 21.7 Å². The number of ether oxygens (including phenoxy) is 2. The van der Waals surface area contributed by atoms with Crippen LogP contribution in [0.4, 0.5) is 0 Å². The molecule has 2 rings (SSSR count). The van der Waals surface area contributed by atoms with Gasteiger partial charge >= 0.3 is 0 Å². The van der Waals surface area contributed by atoms with E-state index in [1.54, 1.807) is 7.11 Å². The average Bonchev–Trinajstić information content (AvgIpc) is 2.55. The van der Waals surface area contributed by atoms with E-state index in [2.05, 4.69) is 24.0 Å². The number of hydrogen-bond acceptors (Lipinski definition) is 3. The molecule has 0 radical (unpaired) electrons. The fourth-order valence-corrected chi connectivity index (χ4v) is 2.20. The fraction of sp³-hybridized carbons (Fsp3) is 0.571. The monoisotopic (exact) mass is 235 g/mol. The Morgan fingerprint density at radius 1 is 1.35 bits per heavy atom. The Morgan fingerprint density at radius 2 is 2.12 bits per heavy atom. The standard InChI is InChI=1S/C14H21NO2/c1-12-9-15(7-8-17-11-12)10-13-3-5-14(16-2)6-4-13/h3-6,12H,7-11H2,1-2H3. The number of nitrogens with zero attached hydrogens (tertiary/aromatic N) is 1. The Kier molecular flexibility index (Phi) is 4.40. The van der Waals surface area contributed by atoms with Crippen LogP contribution in [-0.2, 0) is 11.3 Å². The van der Waals surface area contributed by atoms with E-state index in [-0.39, 0.29) is 0 Å². The van der Waals surface area contributed by atoms with E-state index < -0.39 is 0 Å². The highest BCUT2D eigenvalue weighted by Crippen LogP contribution is 2.14. The highest BCUT2D eigenvalue weighted by atomic mass is 16.5. The van der Waals surface area contributed by atoms with Crippen LogP contribution in [0.15, 0.2) is 24.3 Å². The highest BCUT2D eigenvalue weighted by molar-refractivity contribution is 5.27. The molecule has 1 aromatic rings. The molecule has 1 aliphatic heterocycles. The lowest BCUT2D eigenvalue weighted by Gasteiger charge is -2.21. The second-order valence-corrected chi connectivity index (χ2v) is 4.76. The van der Waals surface area contributed by atoms with Crippen LogP contribution < -0.4 is 4.74 Å². The molecule has 3 heteroatoms. The molecule has 0 amide bonds. The first kappa shape index (κ1) is 12.4. The minimum absolute atomic E-state index is 0.621. The van der Waals surface area contributed by atoms with Crippen molar-refractivity contribution in [1.29, 1.82) is 0 Å². The first-order chi connectivity index (χ1) is 8.28. The molecule has 1 unspecified atom stereocenters. The largest absolute Gasteiger partial charge is 0.497 e. The Hall–Kier alpha value is -1.06. The van der Waals surface area contributed by atoms with Crippen molar-refractivity contribution in [3.8, 4) is 5.75 Å². The number of rotatable bonds is 3. The highest BCUT2D eigenvalue weighted by Gasteiger charge is 2.14. The van der Waals surface area contributed by atoms with Gasteiger partial charge in [-0.05, 0) is 23.6 Å². The molecule has 0 saturated carbocycles. The van der Waals surface area contributed by atoms with Crippen molar-refractivity contribution < 1.29 is 9.47 Å². The molecule has 1 heterocycles. The molecule has 17 heavy (non-hydrogen) atoms. The molecule has 0 bridgehead atoms. The fourth-order valence-electron chi connectivity index (χ4n) is 2.20. The molecular weight excluding hydrogens is 214 g/mol. The summed E-state index contributed by atoms with van der Waals surface area (Å²) in [7, 11) is 1.70. The summed E-state index contributed by atoms with van der Waals surface area (Å²) < 4.78 is 10.7. The lowest BCUT2D eigenvalue weighted by atomic mass is 10.1. The quantitative estimate of drug-likeness (QED) is 0.801. The maximum absolute atomic E-state index is 5.55. The van der Waals surface area contributed by atoms with Crippen molar-refractivity contribution in [1.82, 2.24) is 4.90 Å². The van der Waals surface area contributed by atoms with Crippen LogP contribution in [0.25, 0.3) is 0 Å². The molecule has 1 saturated heterocycles. The Balaban J connectivity index is 1.94. The van der Waals surface area contributed by atoms with Gasteiger partial charge < -0.3 is 9.47 Å². The third kappa shape index (κ3) is 3.72. The van der Waals surface area contributed by atoms with E-state index >= 15 is 0 Å². The van der Waals surface area contributed by atoms with Crippen molar-refractivity contribution in [2.75, 3.05) is 33.4 Å². The summed E-state index contributed by atoms with van der Waals surface area (Å²) in [5.74, 6) is 1.54. The minimum atomic E-state index is 0.621. The van der Waals surface area contributed by atoms with Crippen molar-refractivity contribution in [3.05, 3.63) is 29.8 Å². The van der Waals surface area contributed by atoms with E-state index in [9.17, 15) is 0 Å². The molecule has 1 aliphatic rings. The zero-order valence-electron chi connectivity index (χ0n) is 10.7. The molecule has 1 atom stereocenters. The summed E-state index contributed by atoms with van der Waals surface area (Å²) in [5.41, 5.74) is 1.33. The number of hydrogen-bond donors (Lipinski definition) is 0. The van der Waals surface area contributed by atoms with Gasteiger partial charge in [0.1, 0.15) is 5.75 Å². The SMILES string of the molecule is COc1ccc(CN2CCOCC(C)C2)cc1. The Morgan fingerprint density at radius 3 is 2.82 bits per heavy atom. The normalized spacial score (nSPS) is 22.1. The molecule has 1 aromatic carbocycles. The van der Waals surface area contributed by atoms with Gasteiger partial charge in [0.25, 0.3) is 0 Å². The summed E-state index contributed by atoms with van der Waals surface area (Å²) in [5, 5.41) is 0. The van der Waals surface area contributed by atoms with Crippen LogP contribution >= 0.6 is 0 Å². The van der Waals surface area contributed by atoms with E-state index in [0.717, 1.165) is 38.6 Å². The van der Waals surface area contributed by atoms with Gasteiger partial charge in [-0.15, -0.1) is 0 Å². The maximum atomic E-state index is 5.55. The van der Waals surface area contributed by atoms with Gasteiger partial charge in [0.05, 0.1) is 20.3 Å². The van der Waals surface area contributed by atoms with Gasteiger partial charge in [0, 0.05) is 19.6 Å². The van der Waals surface area contributed by atoms with Crippen molar-refractivity contribution in [2.24, 2.45) is 5.92 Å². The van der Waals surface area contributed by atoms with E-state index in [1.165, 1.54) is 5.56 Å². The lowest BCUT2D eigenvalue weighted by molar-refractivity contribution is 0.125. The second kappa shape index (κ2) is 6.03. The first-order valence-electron chi connectivity index (χ1n) is 6.21. The Labute approximate surface area is 103 Å². The lowest BCUT2D eigenvalue weighted by Crippen LogP contribution is -2.28. The van der Waals surface area contributed by atoms with Crippen molar-refractivity contribution >= 4 is 0 Å². The van der Waals surface area contributed by atoms with Crippen LogP contribution in [0, 0.1) is 5.92 Å². The summed E-state index contributed by atoms with van der Waals surface area (Å²) in [6.07, 6.45) is 0. The molecule has 0 N–H and O–H groups in total. The zero-order valence-corrected chi connectivity index (χ0v) is 10.7. The van der Waals surface area contributed by atoms with Crippen molar-refractivity contribution in [3.63, 3.8) is 0 Å². The summed E-state index contributed by atoms with van der Waals surface area (Å²) >= 11 is 0. The van der Waals surface area contributed by atoms with E-state index in [0.29, 0.717) is 5.92 Å². The summed E-state index contributed by atoms with van der Waals surface area (Å²) in [4.78, 5) is 2.46. The van der Waals surface area contributed by atoms with Crippen LogP contribution in [0.5, 0.6) is 5.75 Å². The van der Waals surface area contributed by atoms with Crippen LogP contribution in [0.2, 0.25) is 0 Å². The van der Waals surface area contributed by atoms with E-state index in [4.69, 9.17) is 9.47 Å². The van der Waals surface area contributed by atoms with E-state index in [1.807, 2.05) is 12.1 Å². The molecule has 0 spiro atoms. The predicted molar refractivity (Wildman–Crippen MR) is 68.3 cm³/mol. The van der Waals surface area contributed by atoms with Crippen LogP contribution in [0.1, 0.15) is 12.5 Å². The van der Waals surface area contributed by atoms with Gasteiger partial charge in [-0.25, -0.2) is 0 Å². The number of methoxy groups -OCH3 is 1. The molecule has 0 aromatic heterocycles. The Bertz CT molecular complexity index is 337. The average molecular weight is 235 g/mol. The van der Waals surface area contributed by atoms with Crippen LogP contribution in [0.3, 0.4) is 0 Å². The number of benzene rings is 1. The molecule has 94 valence electrons. The maximum Gasteiger partial charge on any atom is 0.118 e. The third-order valence-electron chi connectivity index (χ3n) is 3.09. The third-order valence-corrected chi connectivity index (χ3v) is 3.09.